The van der Waals surface area contributed by atoms with Gasteiger partial charge in [-0.1, -0.05) is 41.4 Å². The van der Waals surface area contributed by atoms with Gasteiger partial charge >= 0.3 is 0 Å². The predicted octanol–water partition coefficient (Wildman–Crippen LogP) is 4.55. The highest BCUT2D eigenvalue weighted by molar-refractivity contribution is 6.31. The van der Waals surface area contributed by atoms with E-state index in [0.29, 0.717) is 10.0 Å². The zero-order chi connectivity index (χ0) is 14.1. The summed E-state index contributed by atoms with van der Waals surface area (Å²) >= 11 is 12.2. The molecule has 0 N–H and O–H groups in total. The lowest BCUT2D eigenvalue weighted by atomic mass is 10.2. The summed E-state index contributed by atoms with van der Waals surface area (Å²) in [6, 6.07) is 13.3. The summed E-state index contributed by atoms with van der Waals surface area (Å²) in [6.45, 7) is 1.96. The molecule has 20 heavy (non-hydrogen) atoms. The molecular weight excluding hydrogens is 293 g/mol. The molecule has 0 saturated heterocycles. The van der Waals surface area contributed by atoms with Crippen molar-refractivity contribution in [3.8, 4) is 17.1 Å². The van der Waals surface area contributed by atoms with E-state index in [9.17, 15) is 0 Å². The van der Waals surface area contributed by atoms with Crippen molar-refractivity contribution in [2.75, 3.05) is 0 Å². The normalized spacial score (nSPS) is 10.8. The molecule has 0 spiro atoms. The van der Waals surface area contributed by atoms with Crippen LogP contribution in [0.1, 0.15) is 5.56 Å². The lowest BCUT2D eigenvalue weighted by molar-refractivity contribution is 0.886. The minimum Gasteiger partial charge on any atom is -0.215 e. The van der Waals surface area contributed by atoms with Crippen LogP contribution in [0.5, 0.6) is 0 Å². The molecule has 3 aromatic rings. The van der Waals surface area contributed by atoms with E-state index in [1.807, 2.05) is 49.4 Å². The van der Waals surface area contributed by atoms with E-state index in [4.69, 9.17) is 23.2 Å². The summed E-state index contributed by atoms with van der Waals surface area (Å²) in [5, 5.41) is 5.64. The third-order valence-corrected chi connectivity index (χ3v) is 3.67. The zero-order valence-electron chi connectivity index (χ0n) is 10.7. The third-order valence-electron chi connectivity index (χ3n) is 3.03. The van der Waals surface area contributed by atoms with Gasteiger partial charge in [0.15, 0.2) is 5.82 Å². The van der Waals surface area contributed by atoms with Gasteiger partial charge in [-0.15, -0.1) is 0 Å². The van der Waals surface area contributed by atoms with Crippen molar-refractivity contribution in [3.05, 3.63) is 64.4 Å². The molecule has 0 aliphatic heterocycles. The number of rotatable bonds is 2. The monoisotopic (exact) mass is 303 g/mol. The van der Waals surface area contributed by atoms with Crippen LogP contribution in [-0.2, 0) is 0 Å². The maximum Gasteiger partial charge on any atom is 0.163 e. The molecule has 2 aromatic carbocycles. The molecule has 0 bridgehead atoms. The quantitative estimate of drug-likeness (QED) is 0.695. The second kappa shape index (κ2) is 5.27. The Morgan fingerprint density at radius 1 is 1.05 bits per heavy atom. The van der Waals surface area contributed by atoms with Crippen molar-refractivity contribution in [1.82, 2.24) is 14.8 Å². The number of nitrogens with zero attached hydrogens (tertiary/aromatic N) is 3. The lowest BCUT2D eigenvalue weighted by Crippen LogP contribution is -1.99. The van der Waals surface area contributed by atoms with Crippen LogP contribution < -0.4 is 0 Å². The minimum atomic E-state index is 0.666. The van der Waals surface area contributed by atoms with Gasteiger partial charge in [0.1, 0.15) is 6.33 Å². The van der Waals surface area contributed by atoms with Crippen LogP contribution in [0.15, 0.2) is 48.8 Å². The highest BCUT2D eigenvalue weighted by Crippen LogP contribution is 2.25. The smallest absolute Gasteiger partial charge is 0.163 e. The summed E-state index contributed by atoms with van der Waals surface area (Å²) < 4.78 is 1.75. The lowest BCUT2D eigenvalue weighted by Gasteiger charge is -2.08. The molecule has 3 rings (SSSR count). The van der Waals surface area contributed by atoms with Gasteiger partial charge in [0.25, 0.3) is 0 Å². The molecular formula is C15H11Cl2N3. The van der Waals surface area contributed by atoms with Crippen LogP contribution in [0, 0.1) is 6.92 Å². The summed E-state index contributed by atoms with van der Waals surface area (Å²) in [7, 11) is 0. The van der Waals surface area contributed by atoms with Gasteiger partial charge in [0.2, 0.25) is 0 Å². The molecule has 5 heteroatoms. The van der Waals surface area contributed by atoms with E-state index in [1.54, 1.807) is 4.68 Å². The Hall–Kier alpha value is -1.84. The van der Waals surface area contributed by atoms with Crippen LogP contribution in [0.4, 0.5) is 0 Å². The molecule has 0 saturated carbocycles. The summed E-state index contributed by atoms with van der Waals surface area (Å²) in [5.41, 5.74) is 2.81. The molecule has 0 unspecified atom stereocenters. The molecule has 3 nitrogen and oxygen atoms in total. The largest absolute Gasteiger partial charge is 0.215 e. The summed E-state index contributed by atoms with van der Waals surface area (Å²) in [4.78, 5) is 4.31. The van der Waals surface area contributed by atoms with E-state index >= 15 is 0 Å². The molecule has 0 aliphatic carbocycles. The summed E-state index contributed by atoms with van der Waals surface area (Å²) in [5.74, 6) is 0.729. The van der Waals surface area contributed by atoms with E-state index < -0.39 is 0 Å². The highest BCUT2D eigenvalue weighted by Gasteiger charge is 2.10. The van der Waals surface area contributed by atoms with Gasteiger partial charge in [-0.2, -0.15) is 5.10 Å². The van der Waals surface area contributed by atoms with Crippen LogP contribution in [0.2, 0.25) is 10.0 Å². The van der Waals surface area contributed by atoms with Gasteiger partial charge < -0.3 is 0 Å². The van der Waals surface area contributed by atoms with E-state index in [-0.39, 0.29) is 0 Å². The van der Waals surface area contributed by atoms with Crippen molar-refractivity contribution >= 4 is 23.2 Å². The van der Waals surface area contributed by atoms with Crippen LogP contribution >= 0.6 is 23.2 Å². The first-order chi connectivity index (χ1) is 9.65. The molecule has 0 aliphatic rings. The Balaban J connectivity index is 2.12. The van der Waals surface area contributed by atoms with Crippen molar-refractivity contribution in [2.24, 2.45) is 0 Å². The van der Waals surface area contributed by atoms with Crippen molar-refractivity contribution in [1.29, 1.82) is 0 Å². The molecule has 0 fully saturated rings. The van der Waals surface area contributed by atoms with E-state index in [0.717, 1.165) is 22.6 Å². The van der Waals surface area contributed by atoms with Gasteiger partial charge in [-0.3, -0.25) is 0 Å². The maximum absolute atomic E-state index is 6.17. The van der Waals surface area contributed by atoms with Crippen molar-refractivity contribution in [2.45, 2.75) is 6.92 Å². The average molecular weight is 304 g/mol. The Morgan fingerprint density at radius 3 is 2.65 bits per heavy atom. The molecule has 100 valence electrons. The number of halogens is 2. The van der Waals surface area contributed by atoms with Crippen LogP contribution in [-0.4, -0.2) is 14.8 Å². The first-order valence-electron chi connectivity index (χ1n) is 6.07. The summed E-state index contributed by atoms with van der Waals surface area (Å²) in [6.07, 6.45) is 1.52. The molecule has 0 radical (unpaired) electrons. The topological polar surface area (TPSA) is 30.7 Å². The van der Waals surface area contributed by atoms with Crippen molar-refractivity contribution in [3.63, 3.8) is 0 Å². The van der Waals surface area contributed by atoms with Gasteiger partial charge in [0, 0.05) is 15.6 Å². The molecule has 1 heterocycles. The minimum absolute atomic E-state index is 0.666. The Kier molecular flexibility index (Phi) is 3.47. The predicted molar refractivity (Wildman–Crippen MR) is 81.6 cm³/mol. The first kappa shape index (κ1) is 13.2. The average Bonchev–Trinajstić information content (AvgIpc) is 2.91. The second-order valence-electron chi connectivity index (χ2n) is 4.44. The second-order valence-corrected chi connectivity index (χ2v) is 5.28. The Morgan fingerprint density at radius 2 is 1.90 bits per heavy atom. The number of hydrogen-bond donors (Lipinski definition) is 0. The van der Waals surface area contributed by atoms with Crippen molar-refractivity contribution < 1.29 is 0 Å². The molecule has 0 atom stereocenters. The highest BCUT2D eigenvalue weighted by atomic mass is 35.5. The first-order valence-corrected chi connectivity index (χ1v) is 6.83. The van der Waals surface area contributed by atoms with Gasteiger partial charge in [-0.05, 0) is 36.8 Å². The maximum atomic E-state index is 6.17. The van der Waals surface area contributed by atoms with Gasteiger partial charge in [-0.25, -0.2) is 9.67 Å². The third kappa shape index (κ3) is 2.42. The number of aryl methyl sites for hydroxylation is 1. The van der Waals surface area contributed by atoms with Crippen LogP contribution in [0.25, 0.3) is 17.1 Å². The number of aromatic nitrogens is 3. The van der Waals surface area contributed by atoms with E-state index in [2.05, 4.69) is 10.1 Å². The molecule has 1 aromatic heterocycles. The fourth-order valence-electron chi connectivity index (χ4n) is 1.97. The standard InChI is InChI=1S/C15H11Cl2N3/c1-10-5-6-13(8-14(10)17)20-15(18-9-19-20)11-3-2-4-12(16)7-11/h2-9H,1H3. The van der Waals surface area contributed by atoms with Gasteiger partial charge in [0.05, 0.1) is 5.69 Å². The number of benzene rings is 2. The Bertz CT molecular complexity index is 765. The van der Waals surface area contributed by atoms with Crippen LogP contribution in [0.3, 0.4) is 0 Å². The number of hydrogen-bond acceptors (Lipinski definition) is 2. The molecule has 0 amide bonds. The fraction of sp³-hybridized carbons (Fsp3) is 0.0667. The zero-order valence-corrected chi connectivity index (χ0v) is 12.2. The SMILES string of the molecule is Cc1ccc(-n2ncnc2-c2cccc(Cl)c2)cc1Cl. The Labute approximate surface area is 126 Å². The van der Waals surface area contributed by atoms with E-state index in [1.165, 1.54) is 6.33 Å². The fourth-order valence-corrected chi connectivity index (χ4v) is 2.33.